The van der Waals surface area contributed by atoms with Crippen LogP contribution in [0.5, 0.6) is 5.75 Å². The van der Waals surface area contributed by atoms with Gasteiger partial charge in [-0.2, -0.15) is 19.6 Å². The molecule has 19 heteroatoms. The maximum atomic E-state index is 14.0. The summed E-state index contributed by atoms with van der Waals surface area (Å²) in [4.78, 5) is 50.0. The summed E-state index contributed by atoms with van der Waals surface area (Å²) in [5.41, 5.74) is 9.04. The SMILES string of the molecule is C=C(CN1CCN(c2nc(NCc3nc4ccc(C)cc4[nH]3)n3ncc(Br)c3n2)CC1)C(=O)Nc1cc(Nc2nccc(-c3cn(C)c4ccccc34)n2)c(OC)cc1N(C)CCN(C)C. The van der Waals surface area contributed by atoms with Gasteiger partial charge in [0.05, 0.1) is 58.1 Å². The van der Waals surface area contributed by atoms with Gasteiger partial charge in [0.2, 0.25) is 17.8 Å². The molecule has 5 aromatic heterocycles. The molecule has 0 unspecified atom stereocenters. The van der Waals surface area contributed by atoms with Crippen molar-refractivity contribution in [3.05, 3.63) is 107 Å². The number of benzene rings is 3. The maximum absolute atomic E-state index is 14.0. The number of nitrogens with one attached hydrogen (secondary N) is 4. The Kier molecular flexibility index (Phi) is 12.6. The minimum atomic E-state index is -0.278. The number of aryl methyl sites for hydroxylation is 2. The van der Waals surface area contributed by atoms with Gasteiger partial charge in [0.25, 0.3) is 5.91 Å². The third kappa shape index (κ3) is 9.35. The van der Waals surface area contributed by atoms with E-state index in [1.54, 1.807) is 24.0 Å². The zero-order valence-electron chi connectivity index (χ0n) is 37.9. The number of carbonyl (C=O) groups is 1. The summed E-state index contributed by atoms with van der Waals surface area (Å²) in [7, 11) is 9.72. The Hall–Kier alpha value is -7.09. The van der Waals surface area contributed by atoms with Crippen molar-refractivity contribution in [1.29, 1.82) is 0 Å². The molecule has 0 radical (unpaired) electrons. The first-order valence-electron chi connectivity index (χ1n) is 21.7. The molecule has 1 aliphatic rings. The molecule has 4 N–H and O–H groups in total. The molecule has 1 amide bonds. The summed E-state index contributed by atoms with van der Waals surface area (Å²) in [5, 5.41) is 15.6. The molecule has 1 fully saturated rings. The number of carbonyl (C=O) groups excluding carboxylic acids is 1. The number of aromatic nitrogens is 9. The number of ether oxygens (including phenoxy) is 1. The zero-order chi connectivity index (χ0) is 46.1. The van der Waals surface area contributed by atoms with E-state index in [-0.39, 0.29) is 5.91 Å². The first-order chi connectivity index (χ1) is 31.9. The predicted molar refractivity (Wildman–Crippen MR) is 265 cm³/mol. The summed E-state index contributed by atoms with van der Waals surface area (Å²) < 4.78 is 10.5. The highest BCUT2D eigenvalue weighted by Gasteiger charge is 2.25. The first-order valence-corrected chi connectivity index (χ1v) is 22.5. The molecule has 0 bridgehead atoms. The largest absolute Gasteiger partial charge is 0.494 e. The van der Waals surface area contributed by atoms with Crippen LogP contribution in [0.25, 0.3) is 38.8 Å². The summed E-state index contributed by atoms with van der Waals surface area (Å²) in [6, 6.07) is 20.1. The number of amides is 1. The second kappa shape index (κ2) is 18.8. The Morgan fingerprint density at radius 3 is 2.59 bits per heavy atom. The average molecular weight is 954 g/mol. The lowest BCUT2D eigenvalue weighted by molar-refractivity contribution is -0.113. The van der Waals surface area contributed by atoms with E-state index in [1.807, 2.05) is 64.6 Å². The van der Waals surface area contributed by atoms with Gasteiger partial charge in [-0.25, -0.2) is 15.0 Å². The molecule has 0 saturated carbocycles. The molecule has 8 aromatic rings. The van der Waals surface area contributed by atoms with Crippen LogP contribution in [0.1, 0.15) is 11.4 Å². The maximum Gasteiger partial charge on any atom is 0.252 e. The van der Waals surface area contributed by atoms with Crippen molar-refractivity contribution >= 4 is 84.3 Å². The van der Waals surface area contributed by atoms with Crippen LogP contribution in [0.15, 0.2) is 95.9 Å². The van der Waals surface area contributed by atoms with Gasteiger partial charge in [-0.3, -0.25) is 9.69 Å². The fourth-order valence-electron chi connectivity index (χ4n) is 8.13. The topological polar surface area (TPSA) is 178 Å². The summed E-state index contributed by atoms with van der Waals surface area (Å²) in [6.07, 6.45) is 5.53. The van der Waals surface area contributed by atoms with E-state index in [2.05, 4.69) is 115 Å². The normalized spacial score (nSPS) is 13.2. The lowest BCUT2D eigenvalue weighted by Gasteiger charge is -2.35. The monoisotopic (exact) mass is 952 g/mol. The number of rotatable bonds is 16. The third-order valence-electron chi connectivity index (χ3n) is 11.7. The highest BCUT2D eigenvalue weighted by Crippen LogP contribution is 2.39. The number of fused-ring (bicyclic) bond motifs is 3. The van der Waals surface area contributed by atoms with Crippen LogP contribution < -0.4 is 30.5 Å². The molecular formula is C47H53BrN16O2. The highest BCUT2D eigenvalue weighted by atomic mass is 79.9. The minimum Gasteiger partial charge on any atom is -0.494 e. The number of piperazine rings is 1. The zero-order valence-corrected chi connectivity index (χ0v) is 39.5. The van der Waals surface area contributed by atoms with Gasteiger partial charge in [-0.15, -0.1) is 0 Å². The number of para-hydroxylation sites is 1. The van der Waals surface area contributed by atoms with Crippen LogP contribution in [0.3, 0.4) is 0 Å². The Bertz CT molecular complexity index is 3080. The number of aromatic amines is 1. The van der Waals surface area contributed by atoms with Crippen molar-refractivity contribution in [2.45, 2.75) is 13.5 Å². The van der Waals surface area contributed by atoms with Crippen LogP contribution in [-0.4, -0.2) is 134 Å². The molecule has 3 aromatic carbocycles. The van der Waals surface area contributed by atoms with Crippen molar-refractivity contribution in [3.63, 3.8) is 0 Å². The third-order valence-corrected chi connectivity index (χ3v) is 12.3. The van der Waals surface area contributed by atoms with Crippen molar-refractivity contribution in [2.24, 2.45) is 7.05 Å². The molecule has 18 nitrogen and oxygen atoms in total. The number of H-pyrrole nitrogens is 1. The van der Waals surface area contributed by atoms with E-state index >= 15 is 0 Å². The fraction of sp³-hybridized carbons (Fsp3) is 0.298. The molecule has 66 heavy (non-hydrogen) atoms. The number of hydrogen-bond acceptors (Lipinski definition) is 14. The van der Waals surface area contributed by atoms with E-state index in [0.29, 0.717) is 92.0 Å². The van der Waals surface area contributed by atoms with E-state index in [9.17, 15) is 4.79 Å². The Morgan fingerprint density at radius 2 is 1.79 bits per heavy atom. The molecule has 6 heterocycles. The van der Waals surface area contributed by atoms with Gasteiger partial charge in [-0.1, -0.05) is 30.8 Å². The second-order valence-electron chi connectivity index (χ2n) is 16.8. The summed E-state index contributed by atoms with van der Waals surface area (Å²) in [6.45, 7) is 11.3. The van der Waals surface area contributed by atoms with E-state index in [0.717, 1.165) is 55.7 Å². The van der Waals surface area contributed by atoms with Crippen molar-refractivity contribution in [2.75, 3.05) is 99.8 Å². The number of hydrogen-bond donors (Lipinski definition) is 4. The molecule has 340 valence electrons. The molecule has 0 atom stereocenters. The molecule has 9 rings (SSSR count). The van der Waals surface area contributed by atoms with Gasteiger partial charge in [0, 0.05) is 100 Å². The lowest BCUT2D eigenvalue weighted by Crippen LogP contribution is -2.48. The summed E-state index contributed by atoms with van der Waals surface area (Å²) >= 11 is 3.61. The molecule has 1 saturated heterocycles. The van der Waals surface area contributed by atoms with E-state index in [4.69, 9.17) is 24.7 Å². The average Bonchev–Trinajstić information content (AvgIpc) is 4.01. The van der Waals surface area contributed by atoms with E-state index in [1.165, 1.54) is 5.56 Å². The number of nitrogens with zero attached hydrogens (tertiary/aromatic N) is 12. The number of likely N-dealkylation sites (N-methyl/N-ethyl adjacent to an activating group) is 2. The number of halogens is 1. The quantitative estimate of drug-likeness (QED) is 0.0753. The van der Waals surface area contributed by atoms with Crippen LogP contribution in [-0.2, 0) is 18.4 Å². The standard InChI is InChI=1S/C47H53BrN16O2/c1-29-12-13-35-36(22-29)53-42(52-35)26-50-46-58-47(57-43-33(48)25-51-64(43)46)63-20-18-62(19-21-63)27-30(2)44(65)54-37-23-38(41(66-7)24-40(37)60(5)17-16-59(3)4)56-45-49-15-14-34(55-45)32-28-61(6)39-11-9-8-10-31(32)39/h8-15,22-25,28H,2,16-21,26-27H2,1,3-7H3,(H,52,53)(H,54,65)(H,49,55,56)(H,50,57,58). The fourth-order valence-corrected chi connectivity index (χ4v) is 8.48. The number of methoxy groups -OCH3 is 1. The number of imidazole rings is 1. The van der Waals surface area contributed by atoms with Gasteiger partial charge in [-0.05, 0) is 72.8 Å². The van der Waals surface area contributed by atoms with Gasteiger partial charge < -0.3 is 44.9 Å². The van der Waals surface area contributed by atoms with E-state index < -0.39 is 0 Å². The van der Waals surface area contributed by atoms with Crippen LogP contribution in [0, 0.1) is 6.92 Å². The molecule has 1 aliphatic heterocycles. The Balaban J connectivity index is 0.884. The van der Waals surface area contributed by atoms with Crippen LogP contribution in [0.2, 0.25) is 0 Å². The van der Waals surface area contributed by atoms with Crippen LogP contribution >= 0.6 is 15.9 Å². The van der Waals surface area contributed by atoms with Crippen molar-refractivity contribution in [1.82, 2.24) is 53.9 Å². The number of anilines is 6. The molecule has 0 spiro atoms. The summed E-state index contributed by atoms with van der Waals surface area (Å²) in [5.74, 6) is 2.61. The Morgan fingerprint density at radius 1 is 0.970 bits per heavy atom. The molecular weight excluding hydrogens is 901 g/mol. The van der Waals surface area contributed by atoms with Gasteiger partial charge in [0.15, 0.2) is 5.65 Å². The van der Waals surface area contributed by atoms with Gasteiger partial charge >= 0.3 is 0 Å². The van der Waals surface area contributed by atoms with Gasteiger partial charge in [0.1, 0.15) is 11.6 Å². The second-order valence-corrected chi connectivity index (χ2v) is 17.7. The lowest BCUT2D eigenvalue weighted by atomic mass is 10.1. The Labute approximate surface area is 390 Å². The molecule has 0 aliphatic carbocycles. The predicted octanol–water partition coefficient (Wildman–Crippen LogP) is 6.70. The van der Waals surface area contributed by atoms with Crippen molar-refractivity contribution in [3.8, 4) is 17.0 Å². The van der Waals surface area contributed by atoms with Crippen molar-refractivity contribution < 1.29 is 9.53 Å². The minimum absolute atomic E-state index is 0.278. The van der Waals surface area contributed by atoms with Crippen LogP contribution in [0.4, 0.5) is 34.9 Å². The highest BCUT2D eigenvalue weighted by molar-refractivity contribution is 9.10. The smallest absolute Gasteiger partial charge is 0.252 e. The first kappa shape index (κ1) is 44.1.